The Morgan fingerprint density at radius 2 is 0.902 bits per heavy atom. The summed E-state index contributed by atoms with van der Waals surface area (Å²) in [5.41, 5.74) is 14.0. The van der Waals surface area contributed by atoms with Gasteiger partial charge in [-0.05, 0) is 88.0 Å². The van der Waals surface area contributed by atoms with Crippen molar-refractivity contribution >= 4 is 39.0 Å². The third kappa shape index (κ3) is 4.98. The minimum Gasteiger partial charge on any atom is -0.456 e. The zero-order chi connectivity index (χ0) is 33.7. The van der Waals surface area contributed by atoms with Gasteiger partial charge in [-0.25, -0.2) is 0 Å². The van der Waals surface area contributed by atoms with Crippen LogP contribution in [0.3, 0.4) is 0 Å². The first-order chi connectivity index (χ1) is 25.3. The van der Waals surface area contributed by atoms with Crippen LogP contribution < -0.4 is 9.64 Å². The largest absolute Gasteiger partial charge is 0.456 e. The average molecular weight is 654 g/mol. The molecule has 0 N–H and O–H groups in total. The van der Waals surface area contributed by atoms with E-state index in [2.05, 4.69) is 157 Å². The lowest BCUT2D eigenvalue weighted by atomic mass is 9.91. The van der Waals surface area contributed by atoms with Crippen LogP contribution in [-0.2, 0) is 0 Å². The number of benzene rings is 8. The Morgan fingerprint density at radius 3 is 1.63 bits per heavy atom. The fourth-order valence-corrected chi connectivity index (χ4v) is 7.43. The highest BCUT2D eigenvalue weighted by Crippen LogP contribution is 2.48. The molecule has 3 heteroatoms. The summed E-state index contributed by atoms with van der Waals surface area (Å²) in [7, 11) is 0. The van der Waals surface area contributed by atoms with Crippen molar-refractivity contribution in [2.24, 2.45) is 0 Å². The van der Waals surface area contributed by atoms with Gasteiger partial charge in [0.05, 0.1) is 5.69 Å². The summed E-state index contributed by atoms with van der Waals surface area (Å²) in [6.07, 6.45) is 0. The van der Waals surface area contributed by atoms with Crippen LogP contribution in [0.25, 0.3) is 66.4 Å². The van der Waals surface area contributed by atoms with Crippen LogP contribution in [0.5, 0.6) is 11.5 Å². The van der Waals surface area contributed by atoms with E-state index >= 15 is 0 Å². The third-order valence-electron chi connectivity index (χ3n) is 9.91. The molecule has 0 radical (unpaired) electrons. The minimum atomic E-state index is 0.863. The molecule has 0 amide bonds. The van der Waals surface area contributed by atoms with E-state index in [4.69, 9.17) is 9.15 Å². The molecule has 3 nitrogen and oxygen atoms in total. The number of anilines is 3. The van der Waals surface area contributed by atoms with Crippen molar-refractivity contribution in [1.82, 2.24) is 0 Å². The maximum absolute atomic E-state index is 6.56. The number of nitrogens with zero attached hydrogens (tertiary/aromatic N) is 1. The van der Waals surface area contributed by atoms with Gasteiger partial charge < -0.3 is 14.1 Å². The number of rotatable bonds is 5. The standard InChI is InChI=1S/C48H31NO2/c1-2-11-32(12-3-1)33-21-26-36(27-22-33)49(44-17-10-16-42-40-14-5-9-20-47(40)51-48(42)44)37-28-23-34(24-29-37)35-25-30-38-39-13-4-7-18-45(39)50-46-19-8-6-15-41(46)43(38)31-35/h1-31H. The van der Waals surface area contributed by atoms with Crippen molar-refractivity contribution in [3.63, 3.8) is 0 Å². The van der Waals surface area contributed by atoms with Crippen molar-refractivity contribution in [2.45, 2.75) is 0 Å². The summed E-state index contributed by atoms with van der Waals surface area (Å²) >= 11 is 0. The van der Waals surface area contributed by atoms with Crippen LogP contribution in [0.15, 0.2) is 192 Å². The fraction of sp³-hybridized carbons (Fsp3) is 0. The van der Waals surface area contributed by atoms with Crippen LogP contribution in [0.4, 0.5) is 17.1 Å². The van der Waals surface area contributed by atoms with Gasteiger partial charge in [-0.1, -0.05) is 133 Å². The zero-order valence-electron chi connectivity index (χ0n) is 27.7. The summed E-state index contributed by atoms with van der Waals surface area (Å²) in [5.74, 6) is 1.74. The van der Waals surface area contributed by atoms with E-state index in [1.165, 1.54) is 16.7 Å². The first kappa shape index (κ1) is 29.1. The molecule has 1 aliphatic heterocycles. The smallest absolute Gasteiger partial charge is 0.159 e. The lowest BCUT2D eigenvalue weighted by Gasteiger charge is -2.26. The molecule has 51 heavy (non-hydrogen) atoms. The van der Waals surface area contributed by atoms with E-state index in [1.807, 2.05) is 36.4 Å². The predicted molar refractivity (Wildman–Crippen MR) is 210 cm³/mol. The second kappa shape index (κ2) is 11.9. The third-order valence-corrected chi connectivity index (χ3v) is 9.91. The molecule has 1 aliphatic rings. The van der Waals surface area contributed by atoms with Gasteiger partial charge in [0, 0.05) is 33.3 Å². The highest BCUT2D eigenvalue weighted by Gasteiger charge is 2.22. The van der Waals surface area contributed by atoms with Crippen molar-refractivity contribution < 1.29 is 9.15 Å². The Kier molecular flexibility index (Phi) is 6.81. The Bertz CT molecular complexity index is 2710. The quantitative estimate of drug-likeness (QED) is 0.185. The maximum atomic E-state index is 6.56. The maximum Gasteiger partial charge on any atom is 0.159 e. The molecule has 0 bridgehead atoms. The highest BCUT2D eigenvalue weighted by molar-refractivity contribution is 6.10. The van der Waals surface area contributed by atoms with Gasteiger partial charge in [0.2, 0.25) is 0 Å². The normalized spacial score (nSPS) is 11.7. The van der Waals surface area contributed by atoms with Gasteiger partial charge in [0.1, 0.15) is 17.1 Å². The van der Waals surface area contributed by atoms with E-state index in [1.54, 1.807) is 0 Å². The highest BCUT2D eigenvalue weighted by atomic mass is 16.5. The predicted octanol–water partition coefficient (Wildman–Crippen LogP) is 13.8. The Hall–Kier alpha value is -6.84. The summed E-state index contributed by atoms with van der Waals surface area (Å²) < 4.78 is 13.0. The van der Waals surface area contributed by atoms with Crippen LogP contribution in [0.1, 0.15) is 0 Å². The lowest BCUT2D eigenvalue weighted by Crippen LogP contribution is -2.10. The Balaban J connectivity index is 1.09. The number of fused-ring (bicyclic) bond motifs is 8. The molecule has 1 aromatic heterocycles. The van der Waals surface area contributed by atoms with Gasteiger partial charge in [-0.3, -0.25) is 0 Å². The van der Waals surface area contributed by atoms with E-state index < -0.39 is 0 Å². The number of hydrogen-bond acceptors (Lipinski definition) is 3. The fourth-order valence-electron chi connectivity index (χ4n) is 7.43. The Morgan fingerprint density at radius 1 is 0.353 bits per heavy atom. The average Bonchev–Trinajstić information content (AvgIpc) is 3.52. The first-order valence-corrected chi connectivity index (χ1v) is 17.3. The van der Waals surface area contributed by atoms with Gasteiger partial charge in [-0.2, -0.15) is 0 Å². The molecule has 9 aromatic rings. The summed E-state index contributed by atoms with van der Waals surface area (Å²) in [5, 5.41) is 2.21. The first-order valence-electron chi connectivity index (χ1n) is 17.3. The molecule has 240 valence electrons. The summed E-state index contributed by atoms with van der Waals surface area (Å²) in [4.78, 5) is 2.30. The number of hydrogen-bond donors (Lipinski definition) is 0. The molecule has 0 fully saturated rings. The molecule has 10 rings (SSSR count). The molecule has 8 aromatic carbocycles. The number of ether oxygens (including phenoxy) is 1. The topological polar surface area (TPSA) is 25.6 Å². The second-order valence-electron chi connectivity index (χ2n) is 12.9. The molecule has 0 saturated heterocycles. The minimum absolute atomic E-state index is 0.863. The molecule has 0 atom stereocenters. The molecule has 0 unspecified atom stereocenters. The molecule has 2 heterocycles. The zero-order valence-corrected chi connectivity index (χ0v) is 27.7. The second-order valence-corrected chi connectivity index (χ2v) is 12.9. The van der Waals surface area contributed by atoms with E-state index in [0.29, 0.717) is 0 Å². The van der Waals surface area contributed by atoms with Crippen LogP contribution in [-0.4, -0.2) is 0 Å². The number of furan rings is 1. The summed E-state index contributed by atoms with van der Waals surface area (Å²) in [6.45, 7) is 0. The van der Waals surface area contributed by atoms with Gasteiger partial charge in [0.15, 0.2) is 5.58 Å². The van der Waals surface area contributed by atoms with Crippen LogP contribution >= 0.6 is 0 Å². The van der Waals surface area contributed by atoms with Gasteiger partial charge >= 0.3 is 0 Å². The molecule has 0 spiro atoms. The summed E-state index contributed by atoms with van der Waals surface area (Å²) in [6, 6.07) is 66.1. The van der Waals surface area contributed by atoms with E-state index in [-0.39, 0.29) is 0 Å². The van der Waals surface area contributed by atoms with E-state index in [9.17, 15) is 0 Å². The van der Waals surface area contributed by atoms with Crippen LogP contribution in [0, 0.1) is 0 Å². The van der Waals surface area contributed by atoms with Crippen molar-refractivity contribution in [1.29, 1.82) is 0 Å². The molecular weight excluding hydrogens is 623 g/mol. The Labute approximate surface area is 296 Å². The monoisotopic (exact) mass is 653 g/mol. The lowest BCUT2D eigenvalue weighted by molar-refractivity contribution is 0.488. The van der Waals surface area contributed by atoms with Crippen LogP contribution in [0.2, 0.25) is 0 Å². The molecule has 0 aliphatic carbocycles. The van der Waals surface area contributed by atoms with Crippen molar-refractivity contribution in [3.8, 4) is 56.0 Å². The van der Waals surface area contributed by atoms with Gasteiger partial charge in [-0.15, -0.1) is 0 Å². The molecular formula is C48H31NO2. The molecule has 0 saturated carbocycles. The van der Waals surface area contributed by atoms with Gasteiger partial charge in [0.25, 0.3) is 0 Å². The van der Waals surface area contributed by atoms with Crippen molar-refractivity contribution in [3.05, 3.63) is 188 Å². The number of para-hydroxylation sites is 4. The SMILES string of the molecule is c1ccc(-c2ccc(N(c3ccc(-c4ccc5c(c4)-c4ccccc4Oc4ccccc4-5)cc3)c3cccc4c3oc3ccccc34)cc2)cc1. The van der Waals surface area contributed by atoms with E-state index in [0.717, 1.165) is 78.3 Å². The van der Waals surface area contributed by atoms with Crippen molar-refractivity contribution in [2.75, 3.05) is 4.90 Å².